The van der Waals surface area contributed by atoms with E-state index < -0.39 is 0 Å². The third-order valence-corrected chi connectivity index (χ3v) is 3.70. The summed E-state index contributed by atoms with van der Waals surface area (Å²) in [7, 11) is 0. The fraction of sp³-hybridized carbons (Fsp3) is 0.538. The summed E-state index contributed by atoms with van der Waals surface area (Å²) >= 11 is 0. The fourth-order valence-corrected chi connectivity index (χ4v) is 2.54. The summed E-state index contributed by atoms with van der Waals surface area (Å²) in [6.45, 7) is 2.55. The van der Waals surface area contributed by atoms with E-state index in [1.165, 1.54) is 24.8 Å². The number of hydrogen-bond acceptors (Lipinski definition) is 1. The van der Waals surface area contributed by atoms with Gasteiger partial charge in [0.25, 0.3) is 0 Å². The van der Waals surface area contributed by atoms with Gasteiger partial charge in [-0.3, -0.25) is 0 Å². The van der Waals surface area contributed by atoms with Gasteiger partial charge < -0.3 is 5.73 Å². The molecular formula is C13H18FN. The van der Waals surface area contributed by atoms with Crippen LogP contribution in [0, 0.1) is 12.7 Å². The van der Waals surface area contributed by atoms with Crippen LogP contribution in [0.25, 0.3) is 0 Å². The first kappa shape index (κ1) is 10.6. The van der Waals surface area contributed by atoms with Crippen LogP contribution in [0.2, 0.25) is 0 Å². The van der Waals surface area contributed by atoms with Gasteiger partial charge in [0.2, 0.25) is 0 Å². The van der Waals surface area contributed by atoms with Crippen molar-refractivity contribution >= 4 is 0 Å². The van der Waals surface area contributed by atoms with Gasteiger partial charge in [-0.15, -0.1) is 0 Å². The summed E-state index contributed by atoms with van der Waals surface area (Å²) in [6, 6.07) is 5.50. The van der Waals surface area contributed by atoms with Crippen molar-refractivity contribution in [3.63, 3.8) is 0 Å². The molecule has 2 rings (SSSR count). The van der Waals surface area contributed by atoms with Crippen molar-refractivity contribution in [2.45, 2.75) is 38.0 Å². The third-order valence-electron chi connectivity index (χ3n) is 3.70. The Labute approximate surface area is 90.5 Å². The lowest BCUT2D eigenvalue weighted by molar-refractivity contribution is 0.229. The lowest BCUT2D eigenvalue weighted by Gasteiger charge is -2.42. The summed E-state index contributed by atoms with van der Waals surface area (Å²) in [6.07, 6.45) is 4.71. The number of rotatable bonds is 3. The molecule has 0 aromatic heterocycles. The summed E-state index contributed by atoms with van der Waals surface area (Å²) < 4.78 is 13.2. The van der Waals surface area contributed by atoms with Gasteiger partial charge in [-0.2, -0.15) is 0 Å². The van der Waals surface area contributed by atoms with Crippen molar-refractivity contribution in [1.82, 2.24) is 0 Å². The molecule has 1 saturated carbocycles. The Morgan fingerprint density at radius 2 is 2.13 bits per heavy atom. The molecule has 0 bridgehead atoms. The predicted octanol–water partition coefficient (Wildman–Crippen LogP) is 2.90. The lowest BCUT2D eigenvalue weighted by Crippen LogP contribution is -2.36. The molecule has 2 heteroatoms. The zero-order chi connectivity index (χ0) is 10.9. The summed E-state index contributed by atoms with van der Waals surface area (Å²) in [5, 5.41) is 0. The van der Waals surface area contributed by atoms with E-state index in [1.807, 2.05) is 19.1 Å². The molecule has 0 heterocycles. The van der Waals surface area contributed by atoms with Crippen molar-refractivity contribution in [2.24, 2.45) is 5.73 Å². The maximum Gasteiger partial charge on any atom is 0.126 e. The molecule has 15 heavy (non-hydrogen) atoms. The van der Waals surface area contributed by atoms with E-state index in [4.69, 9.17) is 5.73 Å². The Morgan fingerprint density at radius 1 is 1.40 bits per heavy atom. The molecule has 1 aliphatic carbocycles. The number of benzene rings is 1. The van der Waals surface area contributed by atoms with Crippen molar-refractivity contribution in [1.29, 1.82) is 0 Å². The van der Waals surface area contributed by atoms with Crippen molar-refractivity contribution in [3.05, 3.63) is 35.1 Å². The molecule has 0 amide bonds. The standard InChI is InChI=1S/C13H18FN/c1-10-9-11(3-4-12(10)14)13(7-8-15)5-2-6-13/h3-4,9H,2,5-8,15H2,1H3. The van der Waals surface area contributed by atoms with Gasteiger partial charge in [-0.05, 0) is 55.3 Å². The van der Waals surface area contributed by atoms with Crippen LogP contribution in [0.1, 0.15) is 36.8 Å². The Morgan fingerprint density at radius 3 is 2.60 bits per heavy atom. The largest absolute Gasteiger partial charge is 0.330 e. The van der Waals surface area contributed by atoms with Gasteiger partial charge in [-0.1, -0.05) is 18.6 Å². The van der Waals surface area contributed by atoms with Crippen LogP contribution in [-0.2, 0) is 5.41 Å². The van der Waals surface area contributed by atoms with Crippen molar-refractivity contribution < 1.29 is 4.39 Å². The van der Waals surface area contributed by atoms with E-state index in [1.54, 1.807) is 6.07 Å². The van der Waals surface area contributed by atoms with Crippen LogP contribution >= 0.6 is 0 Å². The molecule has 82 valence electrons. The van der Waals surface area contributed by atoms with E-state index in [-0.39, 0.29) is 11.2 Å². The van der Waals surface area contributed by atoms with Crippen LogP contribution < -0.4 is 5.73 Å². The summed E-state index contributed by atoms with van der Waals surface area (Å²) in [5.41, 5.74) is 7.93. The fourth-order valence-electron chi connectivity index (χ4n) is 2.54. The molecule has 0 unspecified atom stereocenters. The molecule has 0 aliphatic heterocycles. The monoisotopic (exact) mass is 207 g/mol. The molecule has 0 spiro atoms. The third kappa shape index (κ3) is 1.78. The Kier molecular flexibility index (Phi) is 2.79. The maximum atomic E-state index is 13.2. The van der Waals surface area contributed by atoms with E-state index in [0.29, 0.717) is 0 Å². The number of aryl methyl sites for hydroxylation is 1. The van der Waals surface area contributed by atoms with Gasteiger partial charge in [-0.25, -0.2) is 4.39 Å². The maximum absolute atomic E-state index is 13.2. The smallest absolute Gasteiger partial charge is 0.126 e. The Bertz CT molecular complexity index is 356. The number of halogens is 1. The molecule has 0 saturated heterocycles. The van der Waals surface area contributed by atoms with Gasteiger partial charge in [0.15, 0.2) is 0 Å². The van der Waals surface area contributed by atoms with Crippen molar-refractivity contribution in [2.75, 3.05) is 6.54 Å². The lowest BCUT2D eigenvalue weighted by atomic mass is 9.62. The van der Waals surface area contributed by atoms with Crippen LogP contribution in [0.4, 0.5) is 4.39 Å². The Hall–Kier alpha value is -0.890. The second kappa shape index (κ2) is 3.93. The highest BCUT2D eigenvalue weighted by atomic mass is 19.1. The van der Waals surface area contributed by atoms with Gasteiger partial charge in [0.1, 0.15) is 5.82 Å². The van der Waals surface area contributed by atoms with Crippen LogP contribution in [0.3, 0.4) is 0 Å². The minimum absolute atomic E-state index is 0.110. The first-order valence-corrected chi connectivity index (χ1v) is 5.65. The van der Waals surface area contributed by atoms with Gasteiger partial charge in [0.05, 0.1) is 0 Å². The van der Waals surface area contributed by atoms with E-state index in [0.717, 1.165) is 18.5 Å². The van der Waals surface area contributed by atoms with E-state index in [2.05, 4.69) is 0 Å². The second-order valence-corrected chi connectivity index (χ2v) is 4.64. The van der Waals surface area contributed by atoms with Gasteiger partial charge in [0, 0.05) is 0 Å². The average molecular weight is 207 g/mol. The zero-order valence-corrected chi connectivity index (χ0v) is 9.22. The normalized spacial score (nSPS) is 18.6. The molecule has 1 nitrogen and oxygen atoms in total. The molecule has 1 aliphatic rings. The minimum Gasteiger partial charge on any atom is -0.330 e. The first-order chi connectivity index (χ1) is 7.18. The summed E-state index contributed by atoms with van der Waals surface area (Å²) in [5.74, 6) is -0.110. The molecule has 1 fully saturated rings. The number of nitrogens with two attached hydrogens (primary N) is 1. The molecular weight excluding hydrogens is 189 g/mol. The highest BCUT2D eigenvalue weighted by molar-refractivity contribution is 5.32. The molecule has 1 aromatic rings. The van der Waals surface area contributed by atoms with Crippen molar-refractivity contribution in [3.8, 4) is 0 Å². The second-order valence-electron chi connectivity index (χ2n) is 4.64. The molecule has 0 radical (unpaired) electrons. The zero-order valence-electron chi connectivity index (χ0n) is 9.22. The highest BCUT2D eigenvalue weighted by Crippen LogP contribution is 2.46. The van der Waals surface area contributed by atoms with E-state index in [9.17, 15) is 4.39 Å². The average Bonchev–Trinajstić information content (AvgIpc) is 2.16. The highest BCUT2D eigenvalue weighted by Gasteiger charge is 2.37. The van der Waals surface area contributed by atoms with Crippen LogP contribution in [0.5, 0.6) is 0 Å². The quantitative estimate of drug-likeness (QED) is 0.810. The molecule has 1 aromatic carbocycles. The Balaban J connectivity index is 2.30. The van der Waals surface area contributed by atoms with Gasteiger partial charge >= 0.3 is 0 Å². The number of hydrogen-bond donors (Lipinski definition) is 1. The van der Waals surface area contributed by atoms with Crippen LogP contribution in [-0.4, -0.2) is 6.54 Å². The molecule has 0 atom stereocenters. The topological polar surface area (TPSA) is 26.0 Å². The SMILES string of the molecule is Cc1cc(C2(CCN)CCC2)ccc1F. The van der Waals surface area contributed by atoms with E-state index >= 15 is 0 Å². The minimum atomic E-state index is -0.110. The summed E-state index contributed by atoms with van der Waals surface area (Å²) in [4.78, 5) is 0. The molecule has 2 N–H and O–H groups in total. The first-order valence-electron chi connectivity index (χ1n) is 5.65. The predicted molar refractivity (Wildman–Crippen MR) is 60.3 cm³/mol. The van der Waals surface area contributed by atoms with Crippen LogP contribution in [0.15, 0.2) is 18.2 Å².